The van der Waals surface area contributed by atoms with Crippen molar-refractivity contribution in [3.05, 3.63) is 72.1 Å². The standard InChI is InChI=1S/C18H19NO2/c1-14-5-3-6-17(11-14)16-7-4-10-19-13-15(8-9-16)12-18(20)21-2/h3-11,13,19H,12H2,1-2H3. The lowest BCUT2D eigenvalue weighted by molar-refractivity contribution is -0.139. The van der Waals surface area contributed by atoms with E-state index in [0.717, 1.165) is 16.7 Å². The first-order valence-electron chi connectivity index (χ1n) is 6.83. The molecule has 0 fully saturated rings. The second-order valence-electron chi connectivity index (χ2n) is 4.82. The molecule has 0 saturated carbocycles. The average molecular weight is 281 g/mol. The maximum Gasteiger partial charge on any atom is 0.310 e. The largest absolute Gasteiger partial charge is 0.469 e. The van der Waals surface area contributed by atoms with Gasteiger partial charge < -0.3 is 9.72 Å². The number of methoxy groups -OCH3 is 1. The summed E-state index contributed by atoms with van der Waals surface area (Å²) in [6.07, 6.45) is 3.88. The Labute approximate surface area is 124 Å². The van der Waals surface area contributed by atoms with Gasteiger partial charge in [-0.1, -0.05) is 48.0 Å². The van der Waals surface area contributed by atoms with E-state index in [4.69, 9.17) is 4.74 Å². The lowest BCUT2D eigenvalue weighted by atomic mass is 10.0. The topological polar surface area (TPSA) is 42.1 Å². The average Bonchev–Trinajstić information content (AvgIpc) is 2.59. The zero-order valence-electron chi connectivity index (χ0n) is 12.3. The van der Waals surface area contributed by atoms with Gasteiger partial charge in [0.2, 0.25) is 0 Å². The Balaban J connectivity index is 2.43. The summed E-state index contributed by atoms with van der Waals surface area (Å²) < 4.78 is 4.71. The number of carbonyl (C=O) groups excluding carboxylic acids is 1. The Morgan fingerprint density at radius 2 is 1.90 bits per heavy atom. The van der Waals surface area contributed by atoms with Crippen LogP contribution in [0.25, 0.3) is 11.1 Å². The Morgan fingerprint density at radius 3 is 2.67 bits per heavy atom. The molecule has 0 unspecified atom stereocenters. The van der Waals surface area contributed by atoms with Gasteiger partial charge in [0.15, 0.2) is 0 Å². The number of carbonyl (C=O) groups is 1. The summed E-state index contributed by atoms with van der Waals surface area (Å²) in [6, 6.07) is 16.3. The molecule has 0 aliphatic heterocycles. The molecular formula is C18H19NO2. The maximum atomic E-state index is 11.4. The molecule has 3 nitrogen and oxygen atoms in total. The third kappa shape index (κ3) is 4.49. The fourth-order valence-electron chi connectivity index (χ4n) is 2.03. The van der Waals surface area contributed by atoms with Crippen LogP contribution in [0.2, 0.25) is 0 Å². The number of nitrogens with one attached hydrogen (secondary N) is 1. The van der Waals surface area contributed by atoms with E-state index >= 15 is 0 Å². The number of esters is 1. The Hall–Kier alpha value is -2.55. The number of aromatic nitrogens is 1. The SMILES string of the molecule is COC(=O)Cc1ccc(-c2cccc(C)c2)ccc[nH]c1. The molecule has 21 heavy (non-hydrogen) atoms. The van der Waals surface area contributed by atoms with Crippen molar-refractivity contribution in [1.29, 1.82) is 0 Å². The minimum absolute atomic E-state index is 0.245. The lowest BCUT2D eigenvalue weighted by Crippen LogP contribution is -2.03. The molecule has 0 aliphatic carbocycles. The van der Waals surface area contributed by atoms with Crippen LogP contribution in [-0.2, 0) is 16.0 Å². The van der Waals surface area contributed by atoms with Gasteiger partial charge in [-0.25, -0.2) is 0 Å². The van der Waals surface area contributed by atoms with E-state index in [1.807, 2.05) is 36.5 Å². The first-order valence-corrected chi connectivity index (χ1v) is 6.83. The van der Waals surface area contributed by atoms with Crippen molar-refractivity contribution in [2.24, 2.45) is 0 Å². The third-order valence-corrected chi connectivity index (χ3v) is 3.14. The molecule has 0 atom stereocenters. The highest BCUT2D eigenvalue weighted by Crippen LogP contribution is 2.18. The molecule has 0 saturated heterocycles. The molecule has 108 valence electrons. The van der Waals surface area contributed by atoms with Crippen molar-refractivity contribution < 1.29 is 9.53 Å². The minimum atomic E-state index is -0.253. The van der Waals surface area contributed by atoms with E-state index in [1.54, 1.807) is 6.20 Å². The summed E-state index contributed by atoms with van der Waals surface area (Å²) in [5.41, 5.74) is 4.32. The Morgan fingerprint density at radius 1 is 1.10 bits per heavy atom. The Kier molecular flexibility index (Phi) is 5.16. The van der Waals surface area contributed by atoms with Gasteiger partial charge >= 0.3 is 5.97 Å². The predicted octanol–water partition coefficient (Wildman–Crippen LogP) is 3.83. The number of H-pyrrole nitrogens is 1. The molecule has 0 bridgehead atoms. The van der Waals surface area contributed by atoms with Crippen molar-refractivity contribution in [2.45, 2.75) is 13.3 Å². The van der Waals surface area contributed by atoms with E-state index in [9.17, 15) is 4.79 Å². The number of aryl methyl sites for hydroxylation is 1. The number of hydrogen-bond acceptors (Lipinski definition) is 2. The van der Waals surface area contributed by atoms with Crippen molar-refractivity contribution >= 4 is 5.97 Å². The summed E-state index contributed by atoms with van der Waals surface area (Å²) in [5, 5.41) is 0. The van der Waals surface area contributed by atoms with Crippen molar-refractivity contribution in [3.8, 4) is 11.1 Å². The van der Waals surface area contributed by atoms with Crippen molar-refractivity contribution in [3.63, 3.8) is 0 Å². The molecule has 1 aromatic heterocycles. The van der Waals surface area contributed by atoms with Gasteiger partial charge in [-0.2, -0.15) is 0 Å². The van der Waals surface area contributed by atoms with Crippen LogP contribution in [0.4, 0.5) is 0 Å². The molecule has 1 N–H and O–H groups in total. The van der Waals surface area contributed by atoms with Crippen molar-refractivity contribution in [2.75, 3.05) is 7.11 Å². The minimum Gasteiger partial charge on any atom is -0.469 e. The van der Waals surface area contributed by atoms with E-state index < -0.39 is 0 Å². The summed E-state index contributed by atoms with van der Waals surface area (Å²) in [7, 11) is 1.40. The molecular weight excluding hydrogens is 262 g/mol. The van der Waals surface area contributed by atoms with Crippen LogP contribution in [-0.4, -0.2) is 18.1 Å². The fourth-order valence-corrected chi connectivity index (χ4v) is 2.03. The molecule has 2 aromatic rings. The van der Waals surface area contributed by atoms with Crippen LogP contribution in [0.3, 0.4) is 0 Å². The first kappa shape index (κ1) is 14.9. The second kappa shape index (κ2) is 7.29. The van der Waals surface area contributed by atoms with Crippen LogP contribution >= 0.6 is 0 Å². The number of benzene rings is 1. The van der Waals surface area contributed by atoms with Crippen molar-refractivity contribution in [1.82, 2.24) is 4.98 Å². The van der Waals surface area contributed by atoms with Gasteiger partial charge in [-0.3, -0.25) is 4.79 Å². The summed E-state index contributed by atoms with van der Waals surface area (Å²) in [6.45, 7) is 2.07. The molecule has 0 amide bonds. The third-order valence-electron chi connectivity index (χ3n) is 3.14. The monoisotopic (exact) mass is 281 g/mol. The van der Waals surface area contributed by atoms with E-state index in [-0.39, 0.29) is 12.4 Å². The van der Waals surface area contributed by atoms with E-state index in [1.165, 1.54) is 12.7 Å². The molecule has 0 spiro atoms. The normalized spacial score (nSPS) is 9.81. The number of aromatic amines is 1. The smallest absolute Gasteiger partial charge is 0.310 e. The zero-order chi connectivity index (χ0) is 15.1. The molecule has 1 heterocycles. The zero-order valence-corrected chi connectivity index (χ0v) is 12.3. The first-order chi connectivity index (χ1) is 10.2. The maximum absolute atomic E-state index is 11.4. The summed E-state index contributed by atoms with van der Waals surface area (Å²) >= 11 is 0. The molecule has 0 radical (unpaired) electrons. The highest BCUT2D eigenvalue weighted by molar-refractivity contribution is 5.72. The van der Waals surface area contributed by atoms with Gasteiger partial charge in [-0.15, -0.1) is 0 Å². The van der Waals surface area contributed by atoms with E-state index in [2.05, 4.69) is 30.1 Å². The molecule has 0 aliphatic rings. The van der Waals surface area contributed by atoms with Gasteiger partial charge in [-0.05, 0) is 29.7 Å². The molecule has 2 rings (SSSR count). The number of ether oxygens (including phenoxy) is 1. The van der Waals surface area contributed by atoms with Crippen LogP contribution in [0, 0.1) is 6.92 Å². The van der Waals surface area contributed by atoms with Gasteiger partial charge in [0.05, 0.1) is 13.5 Å². The second-order valence-corrected chi connectivity index (χ2v) is 4.82. The highest BCUT2D eigenvalue weighted by atomic mass is 16.5. The van der Waals surface area contributed by atoms with Crippen LogP contribution in [0.1, 0.15) is 11.1 Å². The summed E-state index contributed by atoms with van der Waals surface area (Å²) in [4.78, 5) is 14.4. The molecule has 3 heteroatoms. The van der Waals surface area contributed by atoms with Crippen LogP contribution < -0.4 is 0 Å². The quantitative estimate of drug-likeness (QED) is 0.869. The van der Waals surface area contributed by atoms with Gasteiger partial charge in [0, 0.05) is 12.4 Å². The van der Waals surface area contributed by atoms with Gasteiger partial charge in [0.1, 0.15) is 0 Å². The Bertz CT molecular complexity index is 672. The fraction of sp³-hybridized carbons (Fsp3) is 0.167. The number of hydrogen-bond donors (Lipinski definition) is 1. The highest BCUT2D eigenvalue weighted by Gasteiger charge is 2.01. The number of rotatable bonds is 3. The van der Waals surface area contributed by atoms with Crippen LogP contribution in [0.15, 0.2) is 60.9 Å². The molecule has 1 aromatic carbocycles. The predicted molar refractivity (Wildman–Crippen MR) is 84.3 cm³/mol. The summed E-state index contributed by atoms with van der Waals surface area (Å²) in [5.74, 6) is -0.253. The lowest BCUT2D eigenvalue weighted by Gasteiger charge is -2.01. The van der Waals surface area contributed by atoms with E-state index in [0.29, 0.717) is 0 Å². The van der Waals surface area contributed by atoms with Crippen LogP contribution in [0.5, 0.6) is 0 Å². The van der Waals surface area contributed by atoms with Gasteiger partial charge in [0.25, 0.3) is 0 Å².